The Morgan fingerprint density at radius 2 is 1.82 bits per heavy atom. The Morgan fingerprint density at radius 3 is 2.39 bits per heavy atom. The summed E-state index contributed by atoms with van der Waals surface area (Å²) in [5.74, 6) is -3.97. The van der Waals surface area contributed by atoms with Crippen molar-refractivity contribution in [2.24, 2.45) is 23.2 Å². The number of fused-ring (bicyclic) bond motifs is 2. The number of rotatable bonds is 2. The van der Waals surface area contributed by atoms with Gasteiger partial charge in [-0.3, -0.25) is 14.4 Å². The molecule has 33 heavy (non-hydrogen) atoms. The third kappa shape index (κ3) is 4.21. The average Bonchev–Trinajstić information content (AvgIpc) is 2.96. The van der Waals surface area contributed by atoms with Gasteiger partial charge in [0, 0.05) is 31.1 Å². The third-order valence-electron chi connectivity index (χ3n) is 7.69. The predicted octanol–water partition coefficient (Wildman–Crippen LogP) is 2.64. The fourth-order valence-corrected chi connectivity index (χ4v) is 6.03. The Hall–Kier alpha value is -1.90. The molecule has 0 amide bonds. The second kappa shape index (κ2) is 9.04. The molecule has 9 atom stereocenters. The van der Waals surface area contributed by atoms with Gasteiger partial charge in [-0.05, 0) is 32.8 Å². The maximum atomic E-state index is 12.6. The van der Waals surface area contributed by atoms with Gasteiger partial charge < -0.3 is 24.4 Å². The number of aliphatic hydroxyl groups excluding tert-OH is 1. The number of carbonyl (C=O) groups excluding carboxylic acids is 3. The monoisotopic (exact) mass is 484 g/mol. The lowest BCUT2D eigenvalue weighted by Gasteiger charge is -2.53. The molecule has 0 spiro atoms. The fourth-order valence-electron chi connectivity index (χ4n) is 5.72. The molecule has 1 aliphatic heterocycles. The normalized spacial score (nSPS) is 45.5. The molecule has 1 heterocycles. The van der Waals surface area contributed by atoms with Crippen LogP contribution in [0.25, 0.3) is 0 Å². The minimum absolute atomic E-state index is 0.148. The van der Waals surface area contributed by atoms with E-state index in [1.807, 2.05) is 6.92 Å². The van der Waals surface area contributed by atoms with Gasteiger partial charge in [-0.25, -0.2) is 0 Å². The second-order valence-corrected chi connectivity index (χ2v) is 10.2. The molecule has 1 saturated heterocycles. The largest absolute Gasteiger partial charge is 0.462 e. The van der Waals surface area contributed by atoms with E-state index in [4.69, 9.17) is 25.8 Å². The van der Waals surface area contributed by atoms with Gasteiger partial charge >= 0.3 is 17.9 Å². The minimum Gasteiger partial charge on any atom is -0.462 e. The molecule has 0 radical (unpaired) electrons. The van der Waals surface area contributed by atoms with E-state index >= 15 is 0 Å². The summed E-state index contributed by atoms with van der Waals surface area (Å²) in [6, 6.07) is 0. The Kier molecular flexibility index (Phi) is 7.05. The van der Waals surface area contributed by atoms with Crippen molar-refractivity contribution in [2.45, 2.75) is 84.4 Å². The molecule has 2 N–H and O–H groups in total. The van der Waals surface area contributed by atoms with Crippen molar-refractivity contribution in [2.75, 3.05) is 0 Å². The smallest absolute Gasteiger partial charge is 0.312 e. The van der Waals surface area contributed by atoms with Gasteiger partial charge in [-0.2, -0.15) is 0 Å². The second-order valence-electron chi connectivity index (χ2n) is 9.82. The maximum Gasteiger partial charge on any atom is 0.312 e. The van der Waals surface area contributed by atoms with Gasteiger partial charge in [-0.1, -0.05) is 37.1 Å². The highest BCUT2D eigenvalue weighted by atomic mass is 35.5. The van der Waals surface area contributed by atoms with E-state index in [0.717, 1.165) is 0 Å². The van der Waals surface area contributed by atoms with E-state index in [9.17, 15) is 24.6 Å². The molecule has 8 nitrogen and oxygen atoms in total. The van der Waals surface area contributed by atoms with Gasteiger partial charge in [0.2, 0.25) is 0 Å². The van der Waals surface area contributed by atoms with Crippen LogP contribution in [0.3, 0.4) is 0 Å². The number of allylic oxidation sites excluding steroid dienone is 1. The SMILES string of the molecule is CC(=O)O[C@H]1CC/C(C)=C(/Cl)[C@@H]2OC(=O)[C@H](C)[C@@]2(O)[C@@H](O)[C@H]2[C@@H](C)[C@H](OC(C)=O)C=C[C@@]21C. The molecule has 0 saturated carbocycles. The van der Waals surface area contributed by atoms with Crippen molar-refractivity contribution < 1.29 is 38.8 Å². The highest BCUT2D eigenvalue weighted by molar-refractivity contribution is 6.30. The summed E-state index contributed by atoms with van der Waals surface area (Å²) in [6.45, 7) is 9.49. The van der Waals surface area contributed by atoms with Crippen molar-refractivity contribution >= 4 is 29.5 Å². The van der Waals surface area contributed by atoms with E-state index in [2.05, 4.69) is 0 Å². The summed E-state index contributed by atoms with van der Waals surface area (Å²) >= 11 is 6.59. The zero-order valence-corrected chi connectivity index (χ0v) is 20.6. The van der Waals surface area contributed by atoms with E-state index in [-0.39, 0.29) is 5.03 Å². The number of hydrogen-bond donors (Lipinski definition) is 2. The molecular formula is C24H33ClO8. The minimum atomic E-state index is -2.04. The summed E-state index contributed by atoms with van der Waals surface area (Å²) in [5, 5.41) is 23.8. The Bertz CT molecular complexity index is 897. The van der Waals surface area contributed by atoms with E-state index in [0.29, 0.717) is 18.4 Å². The van der Waals surface area contributed by atoms with Crippen LogP contribution in [0, 0.1) is 23.2 Å². The lowest BCUT2D eigenvalue weighted by Crippen LogP contribution is -2.63. The van der Waals surface area contributed by atoms with Crippen LogP contribution in [0.2, 0.25) is 0 Å². The lowest BCUT2D eigenvalue weighted by molar-refractivity contribution is -0.193. The van der Waals surface area contributed by atoms with Crippen molar-refractivity contribution in [1.29, 1.82) is 0 Å². The highest BCUT2D eigenvalue weighted by Crippen LogP contribution is 2.54. The average molecular weight is 485 g/mol. The van der Waals surface area contributed by atoms with Crippen LogP contribution < -0.4 is 0 Å². The third-order valence-corrected chi connectivity index (χ3v) is 8.21. The molecule has 1 fully saturated rings. The molecule has 0 aromatic heterocycles. The van der Waals surface area contributed by atoms with Crippen molar-refractivity contribution in [3.63, 3.8) is 0 Å². The number of aliphatic hydroxyl groups is 2. The summed E-state index contributed by atoms with van der Waals surface area (Å²) in [6.07, 6.45) is 0.216. The molecule has 9 heteroatoms. The molecule has 0 unspecified atom stereocenters. The number of esters is 3. The summed E-state index contributed by atoms with van der Waals surface area (Å²) < 4.78 is 16.7. The highest BCUT2D eigenvalue weighted by Gasteiger charge is 2.65. The lowest BCUT2D eigenvalue weighted by atomic mass is 9.56. The van der Waals surface area contributed by atoms with Crippen molar-refractivity contribution in [3.05, 3.63) is 22.8 Å². The van der Waals surface area contributed by atoms with Crippen LogP contribution >= 0.6 is 11.6 Å². The van der Waals surface area contributed by atoms with Crippen LogP contribution in [0.5, 0.6) is 0 Å². The zero-order valence-electron chi connectivity index (χ0n) is 19.8. The molecule has 0 bridgehead atoms. The van der Waals surface area contributed by atoms with E-state index in [1.54, 1.807) is 26.0 Å². The number of carbonyl (C=O) groups is 3. The van der Waals surface area contributed by atoms with E-state index in [1.165, 1.54) is 20.8 Å². The van der Waals surface area contributed by atoms with Crippen molar-refractivity contribution in [3.8, 4) is 0 Å². The van der Waals surface area contributed by atoms with Crippen LogP contribution in [-0.2, 0) is 28.6 Å². The van der Waals surface area contributed by atoms with Gasteiger partial charge in [-0.15, -0.1) is 0 Å². The van der Waals surface area contributed by atoms with Crippen LogP contribution in [0.4, 0.5) is 0 Å². The molecule has 0 aromatic carbocycles. The van der Waals surface area contributed by atoms with E-state index < -0.39 is 71.1 Å². The molecule has 2 aliphatic carbocycles. The van der Waals surface area contributed by atoms with Crippen LogP contribution in [-0.4, -0.2) is 58.1 Å². The number of halogens is 1. The summed E-state index contributed by atoms with van der Waals surface area (Å²) in [4.78, 5) is 36.3. The first-order valence-corrected chi connectivity index (χ1v) is 11.6. The molecule has 3 rings (SSSR count). The fraction of sp³-hybridized carbons (Fsp3) is 0.708. The first kappa shape index (κ1) is 25.7. The Morgan fingerprint density at radius 1 is 1.21 bits per heavy atom. The topological polar surface area (TPSA) is 119 Å². The molecule has 184 valence electrons. The Labute approximate surface area is 198 Å². The van der Waals surface area contributed by atoms with Gasteiger partial charge in [0.1, 0.15) is 17.8 Å². The zero-order chi connectivity index (χ0) is 24.9. The molecule has 0 aromatic rings. The summed E-state index contributed by atoms with van der Waals surface area (Å²) in [5.41, 5.74) is -2.32. The first-order valence-electron chi connectivity index (χ1n) is 11.2. The predicted molar refractivity (Wildman–Crippen MR) is 119 cm³/mol. The molecular weight excluding hydrogens is 452 g/mol. The first-order chi connectivity index (χ1) is 15.2. The van der Waals surface area contributed by atoms with Crippen LogP contribution in [0.1, 0.15) is 54.4 Å². The van der Waals surface area contributed by atoms with Gasteiger partial charge in [0.15, 0.2) is 6.10 Å². The maximum absolute atomic E-state index is 12.6. The molecule has 3 aliphatic rings. The van der Waals surface area contributed by atoms with Crippen LogP contribution in [0.15, 0.2) is 22.8 Å². The Balaban J connectivity index is 2.24. The van der Waals surface area contributed by atoms with Crippen molar-refractivity contribution in [1.82, 2.24) is 0 Å². The van der Waals surface area contributed by atoms with Gasteiger partial charge in [0.25, 0.3) is 0 Å². The number of ether oxygens (including phenoxy) is 3. The standard InChI is InChI=1S/C24H33ClO8/c1-11-7-8-17(32-15(5)27)23(6)10-9-16(31-14(4)26)12(2)18(23)20(28)24(30)13(3)22(29)33-21(24)19(11)25/h9-10,12-13,16-18,20-21,28,30H,7-8H2,1-6H3/b19-11+/t12-,13-,16+,17-,18+,20-,21-,23+,24+/m0/s1. The number of hydrogen-bond acceptors (Lipinski definition) is 8. The quantitative estimate of drug-likeness (QED) is 0.349. The van der Waals surface area contributed by atoms with Gasteiger partial charge in [0.05, 0.1) is 17.1 Å². The summed E-state index contributed by atoms with van der Waals surface area (Å²) in [7, 11) is 0.